The first-order valence-electron chi connectivity index (χ1n) is 9.46. The summed E-state index contributed by atoms with van der Waals surface area (Å²) in [4.78, 5) is 25.9. The highest BCUT2D eigenvalue weighted by atomic mass is 16.5. The normalized spacial score (nSPS) is 18.6. The molecule has 26 heavy (non-hydrogen) atoms. The number of rotatable bonds is 9. The Morgan fingerprint density at radius 1 is 1.27 bits per heavy atom. The minimum Gasteiger partial charge on any atom is -0.374 e. The number of imide groups is 1. The minimum absolute atomic E-state index is 0.100. The number of amides is 2. The molecule has 2 heterocycles. The van der Waals surface area contributed by atoms with E-state index in [0.717, 1.165) is 6.42 Å². The van der Waals surface area contributed by atoms with Crippen molar-refractivity contribution in [3.05, 3.63) is 11.9 Å². The molecule has 1 aromatic rings. The van der Waals surface area contributed by atoms with Gasteiger partial charge in [-0.1, -0.05) is 32.9 Å². The van der Waals surface area contributed by atoms with Crippen LogP contribution in [0.5, 0.6) is 0 Å². The predicted octanol–water partition coefficient (Wildman–Crippen LogP) is 2.65. The first-order valence-corrected chi connectivity index (χ1v) is 9.46. The summed E-state index contributed by atoms with van der Waals surface area (Å²) in [5.74, 6) is 0.327. The summed E-state index contributed by atoms with van der Waals surface area (Å²) >= 11 is 0. The maximum absolute atomic E-state index is 12.4. The Bertz CT molecular complexity index is 636. The van der Waals surface area contributed by atoms with Crippen molar-refractivity contribution >= 4 is 11.8 Å². The maximum Gasteiger partial charge on any atom is 0.233 e. The van der Waals surface area contributed by atoms with Gasteiger partial charge in [-0.3, -0.25) is 14.5 Å². The monoisotopic (exact) mass is 364 g/mol. The molecule has 0 spiro atoms. The van der Waals surface area contributed by atoms with Crippen LogP contribution in [0.25, 0.3) is 0 Å². The van der Waals surface area contributed by atoms with Crippen LogP contribution in [-0.4, -0.2) is 43.9 Å². The van der Waals surface area contributed by atoms with Crippen LogP contribution in [0.2, 0.25) is 0 Å². The quantitative estimate of drug-likeness (QED) is 0.630. The van der Waals surface area contributed by atoms with Crippen LogP contribution in [0.3, 0.4) is 0 Å². The number of carbonyl (C=O) groups excluding carboxylic acids is 2. The molecule has 1 aliphatic heterocycles. The predicted molar refractivity (Wildman–Crippen MR) is 98.0 cm³/mol. The van der Waals surface area contributed by atoms with E-state index in [1.807, 2.05) is 27.7 Å². The lowest BCUT2D eigenvalue weighted by molar-refractivity contribution is -0.140. The van der Waals surface area contributed by atoms with Gasteiger partial charge in [0.05, 0.1) is 24.9 Å². The third-order valence-corrected chi connectivity index (χ3v) is 4.72. The van der Waals surface area contributed by atoms with E-state index in [-0.39, 0.29) is 35.8 Å². The Morgan fingerprint density at radius 3 is 2.54 bits per heavy atom. The third-order valence-electron chi connectivity index (χ3n) is 4.72. The molecule has 0 N–H and O–H groups in total. The summed E-state index contributed by atoms with van der Waals surface area (Å²) < 4.78 is 7.67. The SMILES string of the molecule is CC(C)CCOC(C)(C)Cn1cc(CN2C(=O)CC(C(C)C)C2=O)nn1. The first-order chi connectivity index (χ1) is 12.1. The van der Waals surface area contributed by atoms with Gasteiger partial charge < -0.3 is 4.74 Å². The van der Waals surface area contributed by atoms with E-state index in [0.29, 0.717) is 31.2 Å². The summed E-state index contributed by atoms with van der Waals surface area (Å²) in [5.41, 5.74) is 0.260. The molecule has 7 nitrogen and oxygen atoms in total. The Morgan fingerprint density at radius 2 is 1.96 bits per heavy atom. The molecular formula is C19H32N4O3. The van der Waals surface area contributed by atoms with Gasteiger partial charge in [-0.2, -0.15) is 0 Å². The summed E-state index contributed by atoms with van der Waals surface area (Å²) in [6.07, 6.45) is 3.10. The van der Waals surface area contributed by atoms with Crippen molar-refractivity contribution in [1.82, 2.24) is 19.9 Å². The lowest BCUT2D eigenvalue weighted by Gasteiger charge is -2.25. The molecule has 1 unspecified atom stereocenters. The topological polar surface area (TPSA) is 77.3 Å². The van der Waals surface area contributed by atoms with E-state index in [4.69, 9.17) is 4.74 Å². The molecule has 7 heteroatoms. The molecule has 0 aromatic carbocycles. The Labute approximate surface area is 156 Å². The smallest absolute Gasteiger partial charge is 0.233 e. The van der Waals surface area contributed by atoms with E-state index in [9.17, 15) is 9.59 Å². The van der Waals surface area contributed by atoms with Crippen molar-refractivity contribution in [3.8, 4) is 0 Å². The number of likely N-dealkylation sites (tertiary alicyclic amines) is 1. The van der Waals surface area contributed by atoms with Gasteiger partial charge in [0.15, 0.2) is 0 Å². The summed E-state index contributed by atoms with van der Waals surface area (Å²) in [6, 6.07) is 0. The van der Waals surface area contributed by atoms with Crippen LogP contribution < -0.4 is 0 Å². The van der Waals surface area contributed by atoms with Crippen LogP contribution in [-0.2, 0) is 27.4 Å². The molecular weight excluding hydrogens is 332 g/mol. The fourth-order valence-corrected chi connectivity index (χ4v) is 3.05. The molecule has 1 atom stereocenters. The maximum atomic E-state index is 12.4. The van der Waals surface area contributed by atoms with Crippen LogP contribution in [0, 0.1) is 17.8 Å². The van der Waals surface area contributed by atoms with Crippen molar-refractivity contribution in [2.75, 3.05) is 6.61 Å². The zero-order valence-electron chi connectivity index (χ0n) is 16.9. The van der Waals surface area contributed by atoms with Crippen molar-refractivity contribution in [3.63, 3.8) is 0 Å². The molecule has 0 radical (unpaired) electrons. The van der Waals surface area contributed by atoms with Gasteiger partial charge >= 0.3 is 0 Å². The van der Waals surface area contributed by atoms with E-state index < -0.39 is 0 Å². The van der Waals surface area contributed by atoms with E-state index in [2.05, 4.69) is 24.2 Å². The van der Waals surface area contributed by atoms with Gasteiger partial charge in [0.1, 0.15) is 5.69 Å². The van der Waals surface area contributed by atoms with Crippen LogP contribution >= 0.6 is 0 Å². The van der Waals surface area contributed by atoms with Gasteiger partial charge in [0.2, 0.25) is 11.8 Å². The molecule has 2 rings (SSSR count). The van der Waals surface area contributed by atoms with Crippen LogP contribution in [0.1, 0.15) is 60.1 Å². The van der Waals surface area contributed by atoms with Gasteiger partial charge in [-0.25, -0.2) is 4.68 Å². The molecule has 0 aliphatic carbocycles. The lowest BCUT2D eigenvalue weighted by atomic mass is 9.94. The summed E-state index contributed by atoms with van der Waals surface area (Å²) in [7, 11) is 0. The molecule has 2 amide bonds. The molecule has 1 aromatic heterocycles. The fourth-order valence-electron chi connectivity index (χ4n) is 3.05. The molecule has 1 saturated heterocycles. The summed E-state index contributed by atoms with van der Waals surface area (Å²) in [6.45, 7) is 13.8. The number of hydrogen-bond acceptors (Lipinski definition) is 5. The van der Waals surface area contributed by atoms with E-state index in [1.165, 1.54) is 4.90 Å². The molecule has 0 bridgehead atoms. The van der Waals surface area contributed by atoms with Gasteiger partial charge in [0, 0.05) is 18.9 Å². The van der Waals surface area contributed by atoms with Gasteiger partial charge in [-0.05, 0) is 32.1 Å². The number of carbonyl (C=O) groups is 2. The highest BCUT2D eigenvalue weighted by molar-refractivity contribution is 6.03. The number of aromatic nitrogens is 3. The van der Waals surface area contributed by atoms with Crippen LogP contribution in [0.4, 0.5) is 0 Å². The van der Waals surface area contributed by atoms with E-state index in [1.54, 1.807) is 10.9 Å². The molecule has 1 aliphatic rings. The van der Waals surface area contributed by atoms with Crippen molar-refractivity contribution in [2.45, 2.75) is 73.1 Å². The highest BCUT2D eigenvalue weighted by Crippen LogP contribution is 2.27. The Hall–Kier alpha value is -1.76. The highest BCUT2D eigenvalue weighted by Gasteiger charge is 2.40. The number of ether oxygens (including phenoxy) is 1. The molecule has 0 saturated carbocycles. The van der Waals surface area contributed by atoms with Crippen LogP contribution in [0.15, 0.2) is 6.20 Å². The molecule has 146 valence electrons. The van der Waals surface area contributed by atoms with Crippen molar-refractivity contribution in [1.29, 1.82) is 0 Å². The zero-order chi connectivity index (χ0) is 19.5. The minimum atomic E-state index is -0.359. The van der Waals surface area contributed by atoms with Gasteiger partial charge in [0.25, 0.3) is 0 Å². The average molecular weight is 364 g/mol. The van der Waals surface area contributed by atoms with Crippen molar-refractivity contribution < 1.29 is 14.3 Å². The lowest BCUT2D eigenvalue weighted by Crippen LogP contribution is -2.32. The second-order valence-electron chi connectivity index (χ2n) is 8.57. The number of hydrogen-bond donors (Lipinski definition) is 0. The van der Waals surface area contributed by atoms with E-state index >= 15 is 0 Å². The average Bonchev–Trinajstić information content (AvgIpc) is 3.05. The molecule has 1 fully saturated rings. The Balaban J connectivity index is 1.93. The number of nitrogens with zero attached hydrogens (tertiary/aromatic N) is 4. The fraction of sp³-hybridized carbons (Fsp3) is 0.789. The largest absolute Gasteiger partial charge is 0.374 e. The Kier molecular flexibility index (Phi) is 6.55. The zero-order valence-corrected chi connectivity index (χ0v) is 16.9. The van der Waals surface area contributed by atoms with Gasteiger partial charge in [-0.15, -0.1) is 5.10 Å². The second kappa shape index (κ2) is 8.29. The second-order valence-corrected chi connectivity index (χ2v) is 8.57. The standard InChI is InChI=1S/C19H32N4O3/c1-13(2)7-8-26-19(5,6)12-22-10-15(20-21-22)11-23-17(24)9-16(14(3)4)18(23)25/h10,13-14,16H,7-9,11-12H2,1-6H3. The summed E-state index contributed by atoms with van der Waals surface area (Å²) in [5, 5.41) is 8.25. The third kappa shape index (κ3) is 5.37. The first kappa shape index (κ1) is 20.6. The van der Waals surface area contributed by atoms with Crippen molar-refractivity contribution in [2.24, 2.45) is 17.8 Å².